The van der Waals surface area contributed by atoms with Crippen molar-refractivity contribution in [3.63, 3.8) is 0 Å². The summed E-state index contributed by atoms with van der Waals surface area (Å²) in [6, 6.07) is 10.1. The highest BCUT2D eigenvalue weighted by Crippen LogP contribution is 2.38. The molecule has 0 aliphatic carbocycles. The Balaban J connectivity index is 1.50. The van der Waals surface area contributed by atoms with Crippen LogP contribution in [0.15, 0.2) is 35.8 Å². The van der Waals surface area contributed by atoms with Crippen molar-refractivity contribution in [3.05, 3.63) is 52.0 Å². The number of likely N-dealkylation sites (tertiary alicyclic amines) is 1. The number of carbonyl (C=O) groups is 1. The number of ether oxygens (including phenoxy) is 2. The highest BCUT2D eigenvalue weighted by molar-refractivity contribution is 7.11. The van der Waals surface area contributed by atoms with E-state index >= 15 is 0 Å². The van der Waals surface area contributed by atoms with E-state index < -0.39 is 0 Å². The second-order valence-electron chi connectivity index (χ2n) is 6.75. The number of aryl methyl sites for hydroxylation is 1. The molecule has 3 heterocycles. The van der Waals surface area contributed by atoms with Crippen LogP contribution in [0.4, 0.5) is 0 Å². The molecule has 0 radical (unpaired) electrons. The molecule has 25 heavy (non-hydrogen) atoms. The molecule has 2 saturated heterocycles. The van der Waals surface area contributed by atoms with Crippen LogP contribution in [0.3, 0.4) is 0 Å². The topological polar surface area (TPSA) is 51.7 Å². The van der Waals surface area contributed by atoms with Crippen LogP contribution in [0.1, 0.15) is 33.8 Å². The van der Waals surface area contributed by atoms with Crippen LogP contribution in [0.25, 0.3) is 0 Å². The van der Waals surface area contributed by atoms with Gasteiger partial charge < -0.3 is 14.4 Å². The zero-order valence-electron chi connectivity index (χ0n) is 14.3. The first kappa shape index (κ1) is 16.7. The van der Waals surface area contributed by atoms with E-state index in [0.29, 0.717) is 19.7 Å². The number of benzene rings is 1. The molecule has 2 atom stereocenters. The Morgan fingerprint density at radius 3 is 2.96 bits per heavy atom. The summed E-state index contributed by atoms with van der Waals surface area (Å²) in [5.74, 6) is 0.0423. The molecular weight excluding hydrogens is 336 g/mol. The summed E-state index contributed by atoms with van der Waals surface area (Å²) < 4.78 is 12.3. The monoisotopic (exact) mass is 358 g/mol. The van der Waals surface area contributed by atoms with Gasteiger partial charge in [-0.05, 0) is 25.3 Å². The van der Waals surface area contributed by atoms with E-state index in [1.807, 2.05) is 30.0 Å². The molecule has 2 aliphatic heterocycles. The van der Waals surface area contributed by atoms with Gasteiger partial charge in [0.25, 0.3) is 5.91 Å². The lowest BCUT2D eigenvalue weighted by Crippen LogP contribution is -2.42. The van der Waals surface area contributed by atoms with Gasteiger partial charge in [-0.2, -0.15) is 0 Å². The third kappa shape index (κ3) is 3.21. The number of nitrogens with zero attached hydrogens (tertiary/aromatic N) is 2. The molecule has 0 bridgehead atoms. The number of hydrogen-bond acceptors (Lipinski definition) is 5. The van der Waals surface area contributed by atoms with E-state index in [1.165, 1.54) is 11.3 Å². The standard InChI is InChI=1S/C19H22N2O3S/c1-14-17(25-13-20-14)18(22)21-10-16(19(12-21)8-5-9-24-19)23-11-15-6-3-2-4-7-15/h2-4,6-7,13,16H,5,8-12H2,1H3/t16-,19-/m0/s1. The largest absolute Gasteiger partial charge is 0.370 e. The average Bonchev–Trinajstić information content (AvgIpc) is 3.35. The predicted octanol–water partition coefficient (Wildman–Crippen LogP) is 3.04. The summed E-state index contributed by atoms with van der Waals surface area (Å²) in [7, 11) is 0. The van der Waals surface area contributed by atoms with Gasteiger partial charge in [0.05, 0.1) is 30.9 Å². The fourth-order valence-corrected chi connectivity index (χ4v) is 4.50. The van der Waals surface area contributed by atoms with Crippen LogP contribution < -0.4 is 0 Å². The summed E-state index contributed by atoms with van der Waals surface area (Å²) in [5, 5.41) is 0. The highest BCUT2D eigenvalue weighted by atomic mass is 32.1. The number of rotatable bonds is 4. The molecule has 1 spiro atoms. The van der Waals surface area contributed by atoms with Crippen LogP contribution in [0, 0.1) is 6.92 Å². The Kier molecular flexibility index (Phi) is 4.58. The molecule has 2 aromatic rings. The number of carbonyl (C=O) groups excluding carboxylic acids is 1. The van der Waals surface area contributed by atoms with Crippen molar-refractivity contribution >= 4 is 17.2 Å². The lowest BCUT2D eigenvalue weighted by Gasteiger charge is -2.28. The normalized spacial score (nSPS) is 25.8. The van der Waals surface area contributed by atoms with Gasteiger partial charge in [-0.1, -0.05) is 30.3 Å². The molecule has 132 valence electrons. The molecule has 0 N–H and O–H groups in total. The van der Waals surface area contributed by atoms with Gasteiger partial charge in [0.1, 0.15) is 16.6 Å². The third-order valence-corrected chi connectivity index (χ3v) is 6.00. The molecule has 0 unspecified atom stereocenters. The number of aromatic nitrogens is 1. The van der Waals surface area contributed by atoms with Gasteiger partial charge in [-0.25, -0.2) is 4.98 Å². The maximum atomic E-state index is 12.9. The fourth-order valence-electron chi connectivity index (χ4n) is 3.73. The first-order valence-electron chi connectivity index (χ1n) is 8.67. The van der Waals surface area contributed by atoms with Gasteiger partial charge in [0.2, 0.25) is 0 Å². The van der Waals surface area contributed by atoms with Gasteiger partial charge in [-0.15, -0.1) is 11.3 Å². The molecule has 1 amide bonds. The molecule has 0 saturated carbocycles. The van der Waals surface area contributed by atoms with E-state index in [-0.39, 0.29) is 17.6 Å². The molecule has 2 aliphatic rings. The molecule has 1 aromatic carbocycles. The van der Waals surface area contributed by atoms with Crippen LogP contribution >= 0.6 is 11.3 Å². The molecular formula is C19H22N2O3S. The summed E-state index contributed by atoms with van der Waals surface area (Å²) in [5.41, 5.74) is 3.30. The van der Waals surface area contributed by atoms with E-state index in [4.69, 9.17) is 9.47 Å². The summed E-state index contributed by atoms with van der Waals surface area (Å²) in [4.78, 5) is 19.7. The van der Waals surface area contributed by atoms with Crippen LogP contribution in [-0.2, 0) is 16.1 Å². The minimum Gasteiger partial charge on any atom is -0.370 e. The van der Waals surface area contributed by atoms with Crippen LogP contribution in [0.5, 0.6) is 0 Å². The van der Waals surface area contributed by atoms with Crippen molar-refractivity contribution in [1.82, 2.24) is 9.88 Å². The van der Waals surface area contributed by atoms with Gasteiger partial charge >= 0.3 is 0 Å². The van der Waals surface area contributed by atoms with E-state index in [9.17, 15) is 4.79 Å². The van der Waals surface area contributed by atoms with Gasteiger partial charge in [-0.3, -0.25) is 4.79 Å². The zero-order valence-corrected chi connectivity index (χ0v) is 15.1. The summed E-state index contributed by atoms with van der Waals surface area (Å²) in [6.07, 6.45) is 1.87. The fraction of sp³-hybridized carbons (Fsp3) is 0.474. The smallest absolute Gasteiger partial charge is 0.266 e. The van der Waals surface area contributed by atoms with Crippen LogP contribution in [0.2, 0.25) is 0 Å². The first-order valence-corrected chi connectivity index (χ1v) is 9.55. The minimum atomic E-state index is -0.358. The van der Waals surface area contributed by atoms with Crippen molar-refractivity contribution in [2.45, 2.75) is 38.1 Å². The molecule has 2 fully saturated rings. The Bertz CT molecular complexity index is 740. The lowest BCUT2D eigenvalue weighted by molar-refractivity contribution is -0.0959. The molecule has 5 nitrogen and oxygen atoms in total. The van der Waals surface area contributed by atoms with Gasteiger partial charge in [0, 0.05) is 6.61 Å². The molecule has 6 heteroatoms. The summed E-state index contributed by atoms with van der Waals surface area (Å²) in [6.45, 7) is 4.34. The lowest BCUT2D eigenvalue weighted by atomic mass is 9.96. The van der Waals surface area contributed by atoms with Gasteiger partial charge in [0.15, 0.2) is 0 Å². The second kappa shape index (κ2) is 6.86. The predicted molar refractivity (Wildman–Crippen MR) is 95.7 cm³/mol. The number of thiazole rings is 1. The van der Waals surface area contributed by atoms with Crippen molar-refractivity contribution in [1.29, 1.82) is 0 Å². The van der Waals surface area contributed by atoms with Crippen molar-refractivity contribution in [3.8, 4) is 0 Å². The average molecular weight is 358 g/mol. The second-order valence-corrected chi connectivity index (χ2v) is 7.61. The Labute approximate surface area is 151 Å². The number of hydrogen-bond donors (Lipinski definition) is 0. The quantitative estimate of drug-likeness (QED) is 0.843. The van der Waals surface area contributed by atoms with Crippen molar-refractivity contribution < 1.29 is 14.3 Å². The molecule has 4 rings (SSSR count). The maximum absolute atomic E-state index is 12.9. The summed E-state index contributed by atoms with van der Waals surface area (Å²) >= 11 is 1.40. The maximum Gasteiger partial charge on any atom is 0.266 e. The van der Waals surface area contributed by atoms with Crippen LogP contribution in [-0.4, -0.2) is 47.2 Å². The van der Waals surface area contributed by atoms with Crippen molar-refractivity contribution in [2.75, 3.05) is 19.7 Å². The van der Waals surface area contributed by atoms with E-state index in [0.717, 1.165) is 35.6 Å². The van der Waals surface area contributed by atoms with Crippen molar-refractivity contribution in [2.24, 2.45) is 0 Å². The Morgan fingerprint density at radius 2 is 2.28 bits per heavy atom. The third-order valence-electron chi connectivity index (χ3n) is 5.09. The number of amides is 1. The minimum absolute atomic E-state index is 0.0423. The van der Waals surface area contributed by atoms with E-state index in [2.05, 4.69) is 17.1 Å². The Hall–Kier alpha value is -1.76. The molecule has 1 aromatic heterocycles. The zero-order chi connectivity index (χ0) is 17.3. The Morgan fingerprint density at radius 1 is 1.44 bits per heavy atom. The van der Waals surface area contributed by atoms with E-state index in [1.54, 1.807) is 5.51 Å². The highest BCUT2D eigenvalue weighted by Gasteiger charge is 2.52. The SMILES string of the molecule is Cc1ncsc1C(=O)N1C[C@H](OCc2ccccc2)[C@]2(CCCO2)C1. The first-order chi connectivity index (χ1) is 12.2.